The maximum Gasteiger partial charge on any atom is 0.0323 e. The van der Waals surface area contributed by atoms with Crippen LogP contribution in [0.1, 0.15) is 55.8 Å². The third kappa shape index (κ3) is 4.71. The van der Waals surface area contributed by atoms with Crippen molar-refractivity contribution in [1.29, 1.82) is 0 Å². The molecule has 1 N–H and O–H groups in total. The molecule has 0 heterocycles. The minimum atomic E-state index is 0.441. The SMILES string of the molecule is CCNC(CCc1ccccc1)c1ccc(C(C)C)cc1. The fourth-order valence-electron chi connectivity index (χ4n) is 2.70. The first-order valence-corrected chi connectivity index (χ1v) is 8.08. The molecule has 2 aromatic carbocycles. The van der Waals surface area contributed by atoms with Crippen LogP contribution in [0.25, 0.3) is 0 Å². The molecule has 1 atom stereocenters. The lowest BCUT2D eigenvalue weighted by Crippen LogP contribution is -2.21. The third-order valence-corrected chi connectivity index (χ3v) is 4.02. The first-order chi connectivity index (χ1) is 10.2. The van der Waals surface area contributed by atoms with Gasteiger partial charge in [-0.1, -0.05) is 75.4 Å². The standard InChI is InChI=1S/C20H27N/c1-4-21-20(15-10-17-8-6-5-7-9-17)19-13-11-18(12-14-19)16(2)3/h5-9,11-14,16,20-21H,4,10,15H2,1-3H3. The van der Waals surface area contributed by atoms with Crippen LogP contribution < -0.4 is 5.32 Å². The molecule has 0 saturated carbocycles. The molecule has 0 radical (unpaired) electrons. The minimum Gasteiger partial charge on any atom is -0.310 e. The van der Waals surface area contributed by atoms with E-state index in [1.807, 2.05) is 0 Å². The van der Waals surface area contributed by atoms with E-state index >= 15 is 0 Å². The number of nitrogens with one attached hydrogen (secondary N) is 1. The van der Waals surface area contributed by atoms with Crippen molar-refractivity contribution in [2.24, 2.45) is 0 Å². The quantitative estimate of drug-likeness (QED) is 0.745. The molecule has 1 nitrogen and oxygen atoms in total. The Balaban J connectivity index is 2.04. The zero-order chi connectivity index (χ0) is 15.1. The predicted octanol–water partition coefficient (Wildman–Crippen LogP) is 5.09. The molecular weight excluding hydrogens is 254 g/mol. The van der Waals surface area contributed by atoms with Gasteiger partial charge in [-0.3, -0.25) is 0 Å². The average molecular weight is 281 g/mol. The molecule has 1 heteroatoms. The van der Waals surface area contributed by atoms with E-state index in [2.05, 4.69) is 80.7 Å². The van der Waals surface area contributed by atoms with E-state index in [0.717, 1.165) is 19.4 Å². The van der Waals surface area contributed by atoms with Crippen LogP contribution in [0.4, 0.5) is 0 Å². The molecule has 2 aromatic rings. The summed E-state index contributed by atoms with van der Waals surface area (Å²) in [7, 11) is 0. The Labute approximate surface area is 129 Å². The van der Waals surface area contributed by atoms with E-state index in [1.165, 1.54) is 16.7 Å². The van der Waals surface area contributed by atoms with Gasteiger partial charge in [-0.2, -0.15) is 0 Å². The van der Waals surface area contributed by atoms with E-state index in [1.54, 1.807) is 0 Å². The lowest BCUT2D eigenvalue weighted by atomic mass is 9.95. The summed E-state index contributed by atoms with van der Waals surface area (Å²) in [5.74, 6) is 0.598. The van der Waals surface area contributed by atoms with Crippen molar-refractivity contribution in [2.45, 2.75) is 45.6 Å². The second-order valence-electron chi connectivity index (χ2n) is 5.96. The van der Waals surface area contributed by atoms with Crippen molar-refractivity contribution >= 4 is 0 Å². The normalized spacial score (nSPS) is 12.6. The van der Waals surface area contributed by atoms with Crippen LogP contribution in [0.2, 0.25) is 0 Å². The first-order valence-electron chi connectivity index (χ1n) is 8.08. The van der Waals surface area contributed by atoms with Gasteiger partial charge in [0.05, 0.1) is 0 Å². The van der Waals surface area contributed by atoms with Crippen molar-refractivity contribution in [3.05, 3.63) is 71.3 Å². The highest BCUT2D eigenvalue weighted by Crippen LogP contribution is 2.22. The molecule has 0 aliphatic rings. The van der Waals surface area contributed by atoms with Gasteiger partial charge in [0.1, 0.15) is 0 Å². The van der Waals surface area contributed by atoms with Crippen molar-refractivity contribution < 1.29 is 0 Å². The van der Waals surface area contributed by atoms with Crippen LogP contribution in [0.3, 0.4) is 0 Å². The maximum atomic E-state index is 3.62. The van der Waals surface area contributed by atoms with Gasteiger partial charge in [-0.15, -0.1) is 0 Å². The van der Waals surface area contributed by atoms with E-state index in [4.69, 9.17) is 0 Å². The molecule has 0 fully saturated rings. The Morgan fingerprint density at radius 1 is 0.857 bits per heavy atom. The van der Waals surface area contributed by atoms with Gasteiger partial charge in [-0.05, 0) is 42.0 Å². The van der Waals surface area contributed by atoms with E-state index < -0.39 is 0 Å². The zero-order valence-corrected chi connectivity index (χ0v) is 13.5. The van der Waals surface area contributed by atoms with Crippen LogP contribution in [-0.4, -0.2) is 6.54 Å². The van der Waals surface area contributed by atoms with Gasteiger partial charge >= 0.3 is 0 Å². The number of benzene rings is 2. The van der Waals surface area contributed by atoms with Gasteiger partial charge in [0.2, 0.25) is 0 Å². The summed E-state index contributed by atoms with van der Waals surface area (Å²) < 4.78 is 0. The lowest BCUT2D eigenvalue weighted by molar-refractivity contribution is 0.515. The van der Waals surface area contributed by atoms with Crippen LogP contribution in [0.5, 0.6) is 0 Å². The van der Waals surface area contributed by atoms with Crippen LogP contribution in [-0.2, 0) is 6.42 Å². The van der Waals surface area contributed by atoms with Gasteiger partial charge in [0, 0.05) is 6.04 Å². The van der Waals surface area contributed by atoms with E-state index in [0.29, 0.717) is 12.0 Å². The molecule has 2 rings (SSSR count). The number of aryl methyl sites for hydroxylation is 1. The van der Waals surface area contributed by atoms with Crippen LogP contribution in [0.15, 0.2) is 54.6 Å². The summed E-state index contributed by atoms with van der Waals surface area (Å²) in [5.41, 5.74) is 4.23. The van der Waals surface area contributed by atoms with Gasteiger partial charge in [0.15, 0.2) is 0 Å². The summed E-state index contributed by atoms with van der Waals surface area (Å²) in [5, 5.41) is 3.62. The Bertz CT molecular complexity index is 513. The van der Waals surface area contributed by atoms with E-state index in [9.17, 15) is 0 Å². The molecule has 0 aliphatic carbocycles. The highest BCUT2D eigenvalue weighted by atomic mass is 14.9. The Morgan fingerprint density at radius 3 is 2.05 bits per heavy atom. The van der Waals surface area contributed by atoms with Crippen LogP contribution in [0, 0.1) is 0 Å². The summed E-state index contributed by atoms with van der Waals surface area (Å²) in [6, 6.07) is 20.3. The summed E-state index contributed by atoms with van der Waals surface area (Å²) >= 11 is 0. The molecule has 112 valence electrons. The van der Waals surface area contributed by atoms with Crippen LogP contribution >= 0.6 is 0 Å². The maximum absolute atomic E-state index is 3.62. The smallest absolute Gasteiger partial charge is 0.0323 e. The summed E-state index contributed by atoms with van der Waals surface area (Å²) in [6.07, 6.45) is 2.25. The Kier molecular flexibility index (Phi) is 6.01. The molecule has 0 saturated heterocycles. The molecule has 0 spiro atoms. The molecule has 0 amide bonds. The highest BCUT2D eigenvalue weighted by molar-refractivity contribution is 5.27. The third-order valence-electron chi connectivity index (χ3n) is 4.02. The topological polar surface area (TPSA) is 12.0 Å². The van der Waals surface area contributed by atoms with Crippen molar-refractivity contribution in [3.8, 4) is 0 Å². The average Bonchev–Trinajstić information content (AvgIpc) is 2.52. The fourth-order valence-corrected chi connectivity index (χ4v) is 2.70. The molecule has 0 aliphatic heterocycles. The second-order valence-corrected chi connectivity index (χ2v) is 5.96. The highest BCUT2D eigenvalue weighted by Gasteiger charge is 2.10. The number of rotatable bonds is 7. The zero-order valence-electron chi connectivity index (χ0n) is 13.5. The first kappa shape index (κ1) is 15.8. The molecule has 0 aromatic heterocycles. The largest absolute Gasteiger partial charge is 0.310 e. The fraction of sp³-hybridized carbons (Fsp3) is 0.400. The molecule has 21 heavy (non-hydrogen) atoms. The van der Waals surface area contributed by atoms with Gasteiger partial charge in [0.25, 0.3) is 0 Å². The summed E-state index contributed by atoms with van der Waals surface area (Å²) in [6.45, 7) is 7.67. The molecule has 0 bridgehead atoms. The molecule has 1 unspecified atom stereocenters. The van der Waals surface area contributed by atoms with Gasteiger partial charge in [-0.25, -0.2) is 0 Å². The lowest BCUT2D eigenvalue weighted by Gasteiger charge is -2.19. The summed E-state index contributed by atoms with van der Waals surface area (Å²) in [4.78, 5) is 0. The molecular formula is C20H27N. The van der Waals surface area contributed by atoms with E-state index in [-0.39, 0.29) is 0 Å². The number of hydrogen-bond donors (Lipinski definition) is 1. The Morgan fingerprint density at radius 2 is 1.48 bits per heavy atom. The number of hydrogen-bond acceptors (Lipinski definition) is 1. The second kappa shape index (κ2) is 7.99. The van der Waals surface area contributed by atoms with Crippen molar-refractivity contribution in [3.63, 3.8) is 0 Å². The monoisotopic (exact) mass is 281 g/mol. The van der Waals surface area contributed by atoms with Crippen molar-refractivity contribution in [1.82, 2.24) is 5.32 Å². The van der Waals surface area contributed by atoms with Crippen molar-refractivity contribution in [2.75, 3.05) is 6.54 Å². The minimum absolute atomic E-state index is 0.441. The Hall–Kier alpha value is -1.60. The van der Waals surface area contributed by atoms with Gasteiger partial charge < -0.3 is 5.32 Å². The predicted molar refractivity (Wildman–Crippen MR) is 91.7 cm³/mol.